The van der Waals surface area contributed by atoms with Crippen LogP contribution in [0.25, 0.3) is 4.96 Å². The van der Waals surface area contributed by atoms with Gasteiger partial charge in [-0.15, -0.1) is 11.8 Å². The van der Waals surface area contributed by atoms with Crippen LogP contribution in [0.3, 0.4) is 0 Å². The van der Waals surface area contributed by atoms with Crippen LogP contribution in [0.4, 0.5) is 5.69 Å². The Balaban J connectivity index is 1.54. The number of carbonyl (C=O) groups excluding carboxylic acids is 1. The van der Waals surface area contributed by atoms with Crippen LogP contribution in [0, 0.1) is 6.92 Å². The van der Waals surface area contributed by atoms with Gasteiger partial charge in [-0.2, -0.15) is 9.61 Å². The molecule has 1 N–H and O–H groups in total. The molecule has 0 unspecified atom stereocenters. The predicted octanol–water partition coefficient (Wildman–Crippen LogP) is 5.13. The summed E-state index contributed by atoms with van der Waals surface area (Å²) in [4.78, 5) is 31.3. The van der Waals surface area contributed by atoms with E-state index in [1.165, 1.54) is 33.7 Å². The molecule has 4 aromatic rings. The second-order valence-corrected chi connectivity index (χ2v) is 9.43. The van der Waals surface area contributed by atoms with Crippen LogP contribution in [-0.2, 0) is 5.75 Å². The second kappa shape index (κ2) is 9.03. The zero-order valence-electron chi connectivity index (χ0n) is 17.5. The first-order valence-electron chi connectivity index (χ1n) is 9.91. The van der Waals surface area contributed by atoms with Crippen LogP contribution in [0.5, 0.6) is 0 Å². The topological polar surface area (TPSA) is 76.4 Å². The summed E-state index contributed by atoms with van der Waals surface area (Å²) in [5, 5.41) is 8.25. The molecule has 0 radical (unpaired) electrons. The van der Waals surface area contributed by atoms with Gasteiger partial charge in [0, 0.05) is 28.2 Å². The molecule has 0 saturated carbocycles. The van der Waals surface area contributed by atoms with E-state index in [9.17, 15) is 9.59 Å². The molecule has 2 aromatic heterocycles. The van der Waals surface area contributed by atoms with Crippen LogP contribution in [0.1, 0.15) is 46.4 Å². The molecule has 8 heteroatoms. The number of thioether (sulfide) groups is 1. The van der Waals surface area contributed by atoms with Gasteiger partial charge in [-0.3, -0.25) is 9.59 Å². The minimum atomic E-state index is -0.176. The molecule has 0 spiro atoms. The maximum Gasteiger partial charge on any atom is 0.275 e. The van der Waals surface area contributed by atoms with Crippen molar-refractivity contribution in [1.29, 1.82) is 0 Å². The minimum Gasteiger partial charge on any atom is -0.321 e. The number of nitrogens with one attached hydrogen (secondary N) is 1. The summed E-state index contributed by atoms with van der Waals surface area (Å²) >= 11 is 2.97. The van der Waals surface area contributed by atoms with Crippen molar-refractivity contribution in [2.45, 2.75) is 37.3 Å². The molecular formula is C23H22N4O2S2. The summed E-state index contributed by atoms with van der Waals surface area (Å²) in [7, 11) is 0. The monoisotopic (exact) mass is 450 g/mol. The minimum absolute atomic E-state index is 0.144. The third kappa shape index (κ3) is 4.70. The van der Waals surface area contributed by atoms with E-state index in [1.54, 1.807) is 0 Å². The fourth-order valence-corrected chi connectivity index (χ4v) is 4.87. The molecule has 0 fully saturated rings. The van der Waals surface area contributed by atoms with Gasteiger partial charge in [0.1, 0.15) is 5.01 Å². The number of rotatable bonds is 6. The Hall–Kier alpha value is -2.97. The number of aromatic nitrogens is 3. The van der Waals surface area contributed by atoms with Crippen molar-refractivity contribution in [2.75, 3.05) is 5.32 Å². The summed E-state index contributed by atoms with van der Waals surface area (Å²) in [5.74, 6) is 0.611. The van der Waals surface area contributed by atoms with Crippen LogP contribution in [-0.4, -0.2) is 20.5 Å². The highest BCUT2D eigenvalue weighted by atomic mass is 32.2. The van der Waals surface area contributed by atoms with E-state index >= 15 is 0 Å². The molecule has 0 bridgehead atoms. The van der Waals surface area contributed by atoms with E-state index in [-0.39, 0.29) is 17.4 Å². The summed E-state index contributed by atoms with van der Waals surface area (Å²) < 4.78 is 1.37. The van der Waals surface area contributed by atoms with E-state index in [4.69, 9.17) is 0 Å². The van der Waals surface area contributed by atoms with Gasteiger partial charge in [0.25, 0.3) is 11.5 Å². The number of nitrogens with zero attached hydrogens (tertiary/aromatic N) is 3. The molecule has 0 aliphatic rings. The SMILES string of the molecule is Cc1ccccc1C(=O)Nc1ccccc1SCc1cc(=O)n2nc(C(C)C)sc2n1. The lowest BCUT2D eigenvalue weighted by molar-refractivity contribution is 0.102. The van der Waals surface area contributed by atoms with E-state index in [0.717, 1.165) is 21.2 Å². The Morgan fingerprint density at radius 1 is 1.16 bits per heavy atom. The molecule has 2 aromatic carbocycles. The number of hydrogen-bond acceptors (Lipinski definition) is 6. The number of amides is 1. The van der Waals surface area contributed by atoms with Gasteiger partial charge in [0.05, 0.1) is 11.4 Å². The molecule has 0 atom stereocenters. The Labute approximate surface area is 188 Å². The fourth-order valence-electron chi connectivity index (χ4n) is 3.04. The Morgan fingerprint density at radius 3 is 2.68 bits per heavy atom. The molecule has 1 amide bonds. The summed E-state index contributed by atoms with van der Waals surface area (Å²) in [6.45, 7) is 6.00. The Bertz CT molecular complexity index is 1310. The molecule has 31 heavy (non-hydrogen) atoms. The molecule has 6 nitrogen and oxygen atoms in total. The molecule has 4 rings (SSSR count). The number of anilines is 1. The van der Waals surface area contributed by atoms with Gasteiger partial charge >= 0.3 is 0 Å². The number of benzene rings is 2. The van der Waals surface area contributed by atoms with E-state index in [1.807, 2.05) is 69.3 Å². The fraction of sp³-hybridized carbons (Fsp3) is 0.217. The number of hydrogen-bond donors (Lipinski definition) is 1. The highest BCUT2D eigenvalue weighted by Gasteiger charge is 2.14. The first-order chi connectivity index (χ1) is 14.9. The van der Waals surface area contributed by atoms with E-state index < -0.39 is 0 Å². The van der Waals surface area contributed by atoms with Crippen LogP contribution >= 0.6 is 23.1 Å². The van der Waals surface area contributed by atoms with E-state index in [2.05, 4.69) is 15.4 Å². The highest BCUT2D eigenvalue weighted by Crippen LogP contribution is 2.30. The molecule has 0 aliphatic carbocycles. The zero-order chi connectivity index (χ0) is 22.0. The van der Waals surface area contributed by atoms with Gasteiger partial charge in [0.15, 0.2) is 0 Å². The first-order valence-corrected chi connectivity index (χ1v) is 11.7. The van der Waals surface area contributed by atoms with Gasteiger partial charge in [-0.1, -0.05) is 55.5 Å². The largest absolute Gasteiger partial charge is 0.321 e. The second-order valence-electron chi connectivity index (χ2n) is 7.43. The van der Waals surface area contributed by atoms with Crippen LogP contribution < -0.4 is 10.9 Å². The maximum absolute atomic E-state index is 12.7. The molecule has 2 heterocycles. The van der Waals surface area contributed by atoms with Crippen molar-refractivity contribution in [3.63, 3.8) is 0 Å². The average molecular weight is 451 g/mol. The van der Waals surface area contributed by atoms with Crippen molar-refractivity contribution >= 4 is 39.7 Å². The van der Waals surface area contributed by atoms with Gasteiger partial charge < -0.3 is 5.32 Å². The first kappa shape index (κ1) is 21.3. The molecular weight excluding hydrogens is 428 g/mol. The predicted molar refractivity (Wildman–Crippen MR) is 126 cm³/mol. The molecule has 0 saturated heterocycles. The van der Waals surface area contributed by atoms with Gasteiger partial charge in [0.2, 0.25) is 4.96 Å². The summed E-state index contributed by atoms with van der Waals surface area (Å²) in [6, 6.07) is 16.7. The van der Waals surface area contributed by atoms with Gasteiger partial charge in [-0.05, 0) is 30.7 Å². The zero-order valence-corrected chi connectivity index (χ0v) is 19.1. The Morgan fingerprint density at radius 2 is 1.90 bits per heavy atom. The lowest BCUT2D eigenvalue weighted by Crippen LogP contribution is -2.15. The lowest BCUT2D eigenvalue weighted by atomic mass is 10.1. The van der Waals surface area contributed by atoms with E-state index in [0.29, 0.717) is 22.0 Å². The number of para-hydroxylation sites is 1. The summed E-state index contributed by atoms with van der Waals surface area (Å²) in [5.41, 5.74) is 2.82. The van der Waals surface area contributed by atoms with Gasteiger partial charge in [-0.25, -0.2) is 4.98 Å². The third-order valence-corrected chi connectivity index (χ3v) is 7.02. The maximum atomic E-state index is 12.7. The van der Waals surface area contributed by atoms with Crippen molar-refractivity contribution in [2.24, 2.45) is 0 Å². The number of carbonyl (C=O) groups is 1. The lowest BCUT2D eigenvalue weighted by Gasteiger charge is -2.11. The molecule has 0 aliphatic heterocycles. The standard InChI is InChI=1S/C23H22N4O2S2/c1-14(2)22-26-27-20(28)12-16(24-23(27)31-22)13-30-19-11-7-6-10-18(19)25-21(29)17-9-5-4-8-15(17)3/h4-12,14H,13H2,1-3H3,(H,25,29). The van der Waals surface area contributed by atoms with Crippen LogP contribution in [0.2, 0.25) is 0 Å². The summed E-state index contributed by atoms with van der Waals surface area (Å²) in [6.07, 6.45) is 0. The Kier molecular flexibility index (Phi) is 6.20. The van der Waals surface area contributed by atoms with Crippen molar-refractivity contribution in [1.82, 2.24) is 14.6 Å². The van der Waals surface area contributed by atoms with Crippen molar-refractivity contribution < 1.29 is 4.79 Å². The number of fused-ring (bicyclic) bond motifs is 1. The highest BCUT2D eigenvalue weighted by molar-refractivity contribution is 7.98. The molecule has 158 valence electrons. The normalized spacial score (nSPS) is 11.2. The smallest absolute Gasteiger partial charge is 0.275 e. The quantitative estimate of drug-likeness (QED) is 0.412. The number of aryl methyl sites for hydroxylation is 1. The average Bonchev–Trinajstić information content (AvgIpc) is 3.19. The van der Waals surface area contributed by atoms with Crippen molar-refractivity contribution in [3.05, 3.63) is 86.8 Å². The van der Waals surface area contributed by atoms with Crippen molar-refractivity contribution in [3.8, 4) is 0 Å². The van der Waals surface area contributed by atoms with Crippen LogP contribution in [0.15, 0.2) is 64.3 Å². The third-order valence-electron chi connectivity index (χ3n) is 4.71.